The van der Waals surface area contributed by atoms with Gasteiger partial charge in [-0.05, 0) is 19.8 Å². The number of carbonyl (C=O) groups excluding carboxylic acids is 2. The van der Waals surface area contributed by atoms with Crippen molar-refractivity contribution in [2.24, 2.45) is 0 Å². The van der Waals surface area contributed by atoms with Gasteiger partial charge in [0.15, 0.2) is 5.13 Å². The highest BCUT2D eigenvalue weighted by Gasteiger charge is 2.33. The zero-order valence-electron chi connectivity index (χ0n) is 11.7. The zero-order valence-corrected chi connectivity index (χ0v) is 12.5. The summed E-state index contributed by atoms with van der Waals surface area (Å²) in [5.74, 6) is -1.56. The molecule has 1 unspecified atom stereocenters. The van der Waals surface area contributed by atoms with Crippen molar-refractivity contribution >= 4 is 34.3 Å². The Labute approximate surface area is 126 Å². The highest BCUT2D eigenvalue weighted by molar-refractivity contribution is 7.13. The number of hydrogen-bond acceptors (Lipinski definition) is 5. The first-order chi connectivity index (χ1) is 9.97. The van der Waals surface area contributed by atoms with Gasteiger partial charge in [-0.25, -0.2) is 9.78 Å². The van der Waals surface area contributed by atoms with Crippen molar-refractivity contribution in [3.05, 3.63) is 11.1 Å². The van der Waals surface area contributed by atoms with E-state index in [-0.39, 0.29) is 24.7 Å². The average Bonchev–Trinajstić information content (AvgIpc) is 3.05. The Bertz CT molecular complexity index is 557. The molecule has 2 heterocycles. The zero-order chi connectivity index (χ0) is 15.4. The first-order valence-electron chi connectivity index (χ1n) is 6.71. The molecule has 2 rings (SSSR count). The summed E-state index contributed by atoms with van der Waals surface area (Å²) in [6, 6.07) is -0.748. The minimum absolute atomic E-state index is 0.0139. The van der Waals surface area contributed by atoms with E-state index in [0.717, 1.165) is 5.69 Å². The van der Waals surface area contributed by atoms with Crippen molar-refractivity contribution in [3.63, 3.8) is 0 Å². The maximum absolute atomic E-state index is 12.0. The number of anilines is 1. The largest absolute Gasteiger partial charge is 0.480 e. The van der Waals surface area contributed by atoms with E-state index in [1.165, 1.54) is 16.2 Å². The van der Waals surface area contributed by atoms with E-state index in [1.54, 1.807) is 0 Å². The number of nitrogens with one attached hydrogen (secondary N) is 1. The topological polar surface area (TPSA) is 99.6 Å². The second-order valence-corrected chi connectivity index (χ2v) is 5.78. The number of aryl methyl sites for hydroxylation is 1. The molecule has 0 aromatic carbocycles. The van der Waals surface area contributed by atoms with E-state index in [0.29, 0.717) is 24.5 Å². The quantitative estimate of drug-likeness (QED) is 0.852. The molecule has 0 saturated carbocycles. The number of amides is 2. The van der Waals surface area contributed by atoms with Crippen LogP contribution in [0.5, 0.6) is 0 Å². The minimum Gasteiger partial charge on any atom is -0.480 e. The Morgan fingerprint density at radius 1 is 1.48 bits per heavy atom. The minimum atomic E-state index is -0.983. The molecular weight excluding hydrogens is 294 g/mol. The van der Waals surface area contributed by atoms with Gasteiger partial charge in [0.05, 0.1) is 5.69 Å². The number of carboxylic acid groups (broad SMARTS) is 1. The number of hydrogen-bond donors (Lipinski definition) is 2. The van der Waals surface area contributed by atoms with Gasteiger partial charge in [-0.15, -0.1) is 11.3 Å². The molecular formula is C13H17N3O4S. The molecule has 2 N–H and O–H groups in total. The molecule has 0 bridgehead atoms. The van der Waals surface area contributed by atoms with Crippen LogP contribution < -0.4 is 5.32 Å². The van der Waals surface area contributed by atoms with Gasteiger partial charge in [-0.2, -0.15) is 0 Å². The fourth-order valence-electron chi connectivity index (χ4n) is 2.28. The highest BCUT2D eigenvalue weighted by Crippen LogP contribution is 2.19. The van der Waals surface area contributed by atoms with Gasteiger partial charge in [0.1, 0.15) is 6.04 Å². The van der Waals surface area contributed by atoms with Crippen LogP contribution in [0.3, 0.4) is 0 Å². The molecule has 1 atom stereocenters. The van der Waals surface area contributed by atoms with Crippen LogP contribution in [-0.2, 0) is 14.4 Å². The molecule has 114 valence electrons. The van der Waals surface area contributed by atoms with Crippen molar-refractivity contribution in [1.29, 1.82) is 0 Å². The fraction of sp³-hybridized carbons (Fsp3) is 0.538. The summed E-state index contributed by atoms with van der Waals surface area (Å²) in [4.78, 5) is 40.2. The number of likely N-dealkylation sites (tertiary alicyclic amines) is 1. The van der Waals surface area contributed by atoms with Gasteiger partial charge in [-0.3, -0.25) is 9.59 Å². The van der Waals surface area contributed by atoms with Crippen LogP contribution in [0, 0.1) is 6.92 Å². The van der Waals surface area contributed by atoms with Crippen LogP contribution in [0.2, 0.25) is 0 Å². The molecule has 1 aromatic rings. The summed E-state index contributed by atoms with van der Waals surface area (Å²) in [7, 11) is 0. The molecule has 1 aromatic heterocycles. The molecule has 2 amide bonds. The molecule has 1 saturated heterocycles. The van der Waals surface area contributed by atoms with Crippen LogP contribution in [0.15, 0.2) is 5.38 Å². The summed E-state index contributed by atoms with van der Waals surface area (Å²) in [5, 5.41) is 14.0. The van der Waals surface area contributed by atoms with Gasteiger partial charge in [0.25, 0.3) is 0 Å². The van der Waals surface area contributed by atoms with E-state index in [2.05, 4.69) is 10.3 Å². The number of carboxylic acids is 1. The number of carbonyl (C=O) groups is 3. The van der Waals surface area contributed by atoms with Gasteiger partial charge < -0.3 is 15.3 Å². The lowest BCUT2D eigenvalue weighted by molar-refractivity contribution is -0.148. The third-order valence-corrected chi connectivity index (χ3v) is 4.17. The van der Waals surface area contributed by atoms with Crippen molar-refractivity contribution in [1.82, 2.24) is 9.88 Å². The van der Waals surface area contributed by atoms with E-state index < -0.39 is 12.0 Å². The van der Waals surface area contributed by atoms with Crippen LogP contribution in [0.4, 0.5) is 5.13 Å². The van der Waals surface area contributed by atoms with E-state index in [9.17, 15) is 14.4 Å². The van der Waals surface area contributed by atoms with Crippen molar-refractivity contribution in [2.45, 2.75) is 38.6 Å². The summed E-state index contributed by atoms with van der Waals surface area (Å²) in [6.45, 7) is 2.28. The summed E-state index contributed by atoms with van der Waals surface area (Å²) in [5.41, 5.74) is 0.827. The van der Waals surface area contributed by atoms with Crippen molar-refractivity contribution < 1.29 is 19.5 Å². The van der Waals surface area contributed by atoms with Crippen LogP contribution >= 0.6 is 11.3 Å². The predicted molar refractivity (Wildman–Crippen MR) is 77.1 cm³/mol. The van der Waals surface area contributed by atoms with Gasteiger partial charge in [0.2, 0.25) is 11.8 Å². The standard InChI is InChI=1S/C13H17N3O4S/c1-8-7-21-13(14-8)15-10(17)4-5-11(18)16-6-2-3-9(16)12(19)20/h7,9H,2-6H2,1H3,(H,19,20)(H,14,15,17). The molecule has 1 aliphatic rings. The lowest BCUT2D eigenvalue weighted by Crippen LogP contribution is -2.40. The van der Waals surface area contributed by atoms with Crippen LogP contribution in [-0.4, -0.2) is 45.4 Å². The highest BCUT2D eigenvalue weighted by atomic mass is 32.1. The monoisotopic (exact) mass is 311 g/mol. The SMILES string of the molecule is Cc1csc(NC(=O)CCC(=O)N2CCCC2C(=O)O)n1. The van der Waals surface area contributed by atoms with Gasteiger partial charge >= 0.3 is 5.97 Å². The maximum atomic E-state index is 12.0. The number of nitrogens with zero attached hydrogens (tertiary/aromatic N) is 2. The molecule has 21 heavy (non-hydrogen) atoms. The number of aromatic nitrogens is 1. The smallest absolute Gasteiger partial charge is 0.326 e. The molecule has 0 spiro atoms. The third-order valence-electron chi connectivity index (χ3n) is 3.29. The third kappa shape index (κ3) is 4.01. The van der Waals surface area contributed by atoms with Gasteiger partial charge in [-0.1, -0.05) is 0 Å². The second kappa shape index (κ2) is 6.66. The van der Waals surface area contributed by atoms with E-state index in [1.807, 2.05) is 12.3 Å². The Kier molecular flexibility index (Phi) is 4.89. The Hall–Kier alpha value is -1.96. The number of aliphatic carboxylic acids is 1. The summed E-state index contributed by atoms with van der Waals surface area (Å²) < 4.78 is 0. The van der Waals surface area contributed by atoms with Crippen molar-refractivity contribution in [3.8, 4) is 0 Å². The van der Waals surface area contributed by atoms with Crippen LogP contribution in [0.1, 0.15) is 31.4 Å². The lowest BCUT2D eigenvalue weighted by Gasteiger charge is -2.21. The number of rotatable bonds is 5. The lowest BCUT2D eigenvalue weighted by atomic mass is 10.2. The predicted octanol–water partition coefficient (Wildman–Crippen LogP) is 1.25. The molecule has 0 radical (unpaired) electrons. The second-order valence-electron chi connectivity index (χ2n) is 4.93. The summed E-state index contributed by atoms with van der Waals surface area (Å²) >= 11 is 1.33. The summed E-state index contributed by atoms with van der Waals surface area (Å²) in [6.07, 6.45) is 1.21. The van der Waals surface area contributed by atoms with Crippen molar-refractivity contribution in [2.75, 3.05) is 11.9 Å². The van der Waals surface area contributed by atoms with E-state index in [4.69, 9.17) is 5.11 Å². The van der Waals surface area contributed by atoms with E-state index >= 15 is 0 Å². The maximum Gasteiger partial charge on any atom is 0.326 e. The first kappa shape index (κ1) is 15.4. The van der Waals surface area contributed by atoms with Crippen LogP contribution in [0.25, 0.3) is 0 Å². The number of thiazole rings is 1. The molecule has 7 nitrogen and oxygen atoms in total. The Morgan fingerprint density at radius 3 is 2.86 bits per heavy atom. The molecule has 0 aliphatic carbocycles. The normalized spacial score (nSPS) is 17.8. The Morgan fingerprint density at radius 2 is 2.24 bits per heavy atom. The first-order valence-corrected chi connectivity index (χ1v) is 7.59. The van der Waals surface area contributed by atoms with Gasteiger partial charge in [0, 0.05) is 24.8 Å². The average molecular weight is 311 g/mol. The molecule has 1 fully saturated rings. The fourth-order valence-corrected chi connectivity index (χ4v) is 2.98. The molecule has 8 heteroatoms. The Balaban J connectivity index is 1.80. The molecule has 1 aliphatic heterocycles.